The van der Waals surface area contributed by atoms with Crippen molar-refractivity contribution in [2.75, 3.05) is 19.8 Å². The van der Waals surface area contributed by atoms with Crippen molar-refractivity contribution in [3.05, 3.63) is 59.7 Å². The number of hydrogen-bond acceptors (Lipinski definition) is 6. The van der Waals surface area contributed by atoms with Crippen LogP contribution in [0, 0.1) is 0 Å². The van der Waals surface area contributed by atoms with Crippen LogP contribution in [0.1, 0.15) is 34.6 Å². The van der Waals surface area contributed by atoms with Crippen LogP contribution in [0.3, 0.4) is 0 Å². The van der Waals surface area contributed by atoms with Gasteiger partial charge in [-0.15, -0.1) is 0 Å². The lowest BCUT2D eigenvalue weighted by atomic mass is 10.2. The summed E-state index contributed by atoms with van der Waals surface area (Å²) in [6.07, 6.45) is 0. The topological polar surface area (TPSA) is 103 Å². The van der Waals surface area contributed by atoms with Gasteiger partial charge in [-0.3, -0.25) is 20.4 Å². The molecule has 8 heteroatoms. The molecule has 0 aromatic heterocycles. The molecular weight excluding hydrogens is 364 g/mol. The van der Waals surface area contributed by atoms with Gasteiger partial charge < -0.3 is 14.2 Å². The number of ether oxygens (including phenoxy) is 3. The van der Waals surface area contributed by atoms with Crippen LogP contribution in [0.5, 0.6) is 11.5 Å². The fourth-order valence-corrected chi connectivity index (χ4v) is 2.22. The molecule has 0 spiro atoms. The first-order chi connectivity index (χ1) is 13.5. The molecule has 148 valence electrons. The van der Waals surface area contributed by atoms with Crippen LogP contribution >= 0.6 is 0 Å². The normalized spacial score (nSPS) is 9.93. The summed E-state index contributed by atoms with van der Waals surface area (Å²) >= 11 is 0. The molecular formula is C20H22N2O6. The second-order valence-electron chi connectivity index (χ2n) is 5.47. The first-order valence-corrected chi connectivity index (χ1v) is 8.76. The van der Waals surface area contributed by atoms with Gasteiger partial charge >= 0.3 is 5.97 Å². The largest absolute Gasteiger partial charge is 0.490 e. The van der Waals surface area contributed by atoms with E-state index in [0.29, 0.717) is 30.3 Å². The molecule has 0 saturated carbocycles. The van der Waals surface area contributed by atoms with Crippen LogP contribution in [0.4, 0.5) is 0 Å². The summed E-state index contributed by atoms with van der Waals surface area (Å²) < 4.78 is 15.8. The molecule has 0 aliphatic carbocycles. The van der Waals surface area contributed by atoms with E-state index in [4.69, 9.17) is 14.2 Å². The number of hydrazine groups is 1. The second-order valence-corrected chi connectivity index (χ2v) is 5.47. The maximum Gasteiger partial charge on any atom is 0.338 e. The average Bonchev–Trinajstić information content (AvgIpc) is 2.72. The number of amides is 2. The minimum Gasteiger partial charge on any atom is -0.490 e. The Morgan fingerprint density at radius 2 is 1.50 bits per heavy atom. The van der Waals surface area contributed by atoms with Crippen molar-refractivity contribution < 1.29 is 28.6 Å². The highest BCUT2D eigenvalue weighted by atomic mass is 16.5. The Bertz CT molecular complexity index is 823. The standard InChI is InChI=1S/C20H22N2O6/c1-3-26-16-11-10-15(12-17(16)27-4-2)20(25)28-13-18(23)21-22-19(24)14-8-6-5-7-9-14/h5-12H,3-4,13H2,1-2H3,(H,21,23)(H,22,24). The smallest absolute Gasteiger partial charge is 0.338 e. The van der Waals surface area contributed by atoms with Crippen molar-refractivity contribution >= 4 is 17.8 Å². The molecule has 0 heterocycles. The quantitative estimate of drug-likeness (QED) is 0.532. The van der Waals surface area contributed by atoms with Gasteiger partial charge in [-0.2, -0.15) is 0 Å². The number of carbonyl (C=O) groups excluding carboxylic acids is 3. The van der Waals surface area contributed by atoms with Gasteiger partial charge in [-0.05, 0) is 44.2 Å². The van der Waals surface area contributed by atoms with Crippen LogP contribution in [-0.4, -0.2) is 37.6 Å². The Kier molecular flexibility index (Phi) is 7.83. The van der Waals surface area contributed by atoms with Crippen LogP contribution in [0.15, 0.2) is 48.5 Å². The summed E-state index contributed by atoms with van der Waals surface area (Å²) in [4.78, 5) is 35.8. The van der Waals surface area contributed by atoms with Crippen molar-refractivity contribution in [2.45, 2.75) is 13.8 Å². The summed E-state index contributed by atoms with van der Waals surface area (Å²) in [6, 6.07) is 13.0. The molecule has 2 aromatic carbocycles. The summed E-state index contributed by atoms with van der Waals surface area (Å²) in [5.74, 6) is -0.920. The molecule has 0 atom stereocenters. The van der Waals surface area contributed by atoms with Crippen LogP contribution < -0.4 is 20.3 Å². The van der Waals surface area contributed by atoms with E-state index in [9.17, 15) is 14.4 Å². The van der Waals surface area contributed by atoms with Crippen LogP contribution in [0.2, 0.25) is 0 Å². The Hall–Kier alpha value is -3.55. The van der Waals surface area contributed by atoms with E-state index in [-0.39, 0.29) is 5.56 Å². The monoisotopic (exact) mass is 386 g/mol. The predicted molar refractivity (Wildman–Crippen MR) is 101 cm³/mol. The van der Waals surface area contributed by atoms with Crippen LogP contribution in [-0.2, 0) is 9.53 Å². The molecule has 2 rings (SSSR count). The Morgan fingerprint density at radius 1 is 0.821 bits per heavy atom. The minimum absolute atomic E-state index is 0.216. The number of esters is 1. The van der Waals surface area contributed by atoms with E-state index >= 15 is 0 Å². The Balaban J connectivity index is 1.86. The molecule has 0 saturated heterocycles. The molecule has 0 aliphatic rings. The highest BCUT2D eigenvalue weighted by molar-refractivity contribution is 5.96. The third-order valence-electron chi connectivity index (χ3n) is 3.46. The van der Waals surface area contributed by atoms with E-state index < -0.39 is 24.4 Å². The number of nitrogens with one attached hydrogen (secondary N) is 2. The summed E-state index contributed by atoms with van der Waals surface area (Å²) in [5.41, 5.74) is 5.03. The molecule has 2 amide bonds. The van der Waals surface area contributed by atoms with Crippen molar-refractivity contribution in [3.8, 4) is 11.5 Å². The van der Waals surface area contributed by atoms with Crippen molar-refractivity contribution in [1.82, 2.24) is 10.9 Å². The van der Waals surface area contributed by atoms with Gasteiger partial charge in [0.2, 0.25) is 0 Å². The lowest BCUT2D eigenvalue weighted by molar-refractivity contribution is -0.125. The SMILES string of the molecule is CCOc1ccc(C(=O)OCC(=O)NNC(=O)c2ccccc2)cc1OCC. The maximum atomic E-state index is 12.1. The molecule has 0 unspecified atom stereocenters. The van der Waals surface area contributed by atoms with Gasteiger partial charge in [0.25, 0.3) is 11.8 Å². The molecule has 0 aliphatic heterocycles. The Labute approximate surface area is 162 Å². The predicted octanol–water partition coefficient (Wildman–Crippen LogP) is 2.10. The molecule has 0 radical (unpaired) electrons. The minimum atomic E-state index is -0.700. The average molecular weight is 386 g/mol. The molecule has 28 heavy (non-hydrogen) atoms. The van der Waals surface area contributed by atoms with Gasteiger partial charge in [-0.1, -0.05) is 18.2 Å². The molecule has 2 N–H and O–H groups in total. The van der Waals surface area contributed by atoms with Gasteiger partial charge in [0.15, 0.2) is 18.1 Å². The van der Waals surface area contributed by atoms with E-state index in [0.717, 1.165) is 0 Å². The van der Waals surface area contributed by atoms with Gasteiger partial charge in [-0.25, -0.2) is 4.79 Å². The summed E-state index contributed by atoms with van der Waals surface area (Å²) in [5, 5.41) is 0. The molecule has 8 nitrogen and oxygen atoms in total. The zero-order valence-corrected chi connectivity index (χ0v) is 15.7. The van der Waals surface area contributed by atoms with Crippen molar-refractivity contribution in [1.29, 1.82) is 0 Å². The van der Waals surface area contributed by atoms with E-state index in [1.54, 1.807) is 36.4 Å². The van der Waals surface area contributed by atoms with Gasteiger partial charge in [0, 0.05) is 5.56 Å². The number of benzene rings is 2. The number of hydrogen-bond donors (Lipinski definition) is 2. The lowest BCUT2D eigenvalue weighted by Crippen LogP contribution is -2.43. The van der Waals surface area contributed by atoms with Gasteiger partial charge in [0.05, 0.1) is 18.8 Å². The zero-order chi connectivity index (χ0) is 20.4. The fraction of sp³-hybridized carbons (Fsp3) is 0.250. The summed E-state index contributed by atoms with van der Waals surface area (Å²) in [6.45, 7) is 3.97. The highest BCUT2D eigenvalue weighted by Crippen LogP contribution is 2.28. The number of carbonyl (C=O) groups is 3. The molecule has 0 bridgehead atoms. The van der Waals surface area contributed by atoms with Crippen molar-refractivity contribution in [2.24, 2.45) is 0 Å². The third-order valence-corrected chi connectivity index (χ3v) is 3.46. The van der Waals surface area contributed by atoms with Crippen molar-refractivity contribution in [3.63, 3.8) is 0 Å². The Morgan fingerprint density at radius 3 is 2.18 bits per heavy atom. The fourth-order valence-electron chi connectivity index (χ4n) is 2.22. The zero-order valence-electron chi connectivity index (χ0n) is 15.7. The number of rotatable bonds is 8. The summed E-state index contributed by atoms with van der Waals surface area (Å²) in [7, 11) is 0. The lowest BCUT2D eigenvalue weighted by Gasteiger charge is -2.12. The van der Waals surface area contributed by atoms with Crippen LogP contribution in [0.25, 0.3) is 0 Å². The van der Waals surface area contributed by atoms with Gasteiger partial charge in [0.1, 0.15) is 0 Å². The molecule has 0 fully saturated rings. The molecule has 2 aromatic rings. The maximum absolute atomic E-state index is 12.1. The van der Waals surface area contributed by atoms with E-state index in [1.165, 1.54) is 12.1 Å². The third kappa shape index (κ3) is 6.01. The van der Waals surface area contributed by atoms with E-state index in [2.05, 4.69) is 10.9 Å². The first kappa shape index (κ1) is 20.8. The highest BCUT2D eigenvalue weighted by Gasteiger charge is 2.14. The second kappa shape index (κ2) is 10.6. The van der Waals surface area contributed by atoms with E-state index in [1.807, 2.05) is 13.8 Å². The first-order valence-electron chi connectivity index (χ1n) is 8.76.